The smallest absolute Gasteiger partial charge is 0.478 e. The van der Waals surface area contributed by atoms with E-state index in [4.69, 9.17) is 5.11 Å². The first-order valence-corrected chi connectivity index (χ1v) is 8.45. The Hall–Kier alpha value is -2.27. The average Bonchev–Trinajstić information content (AvgIpc) is 2.54. The van der Waals surface area contributed by atoms with E-state index < -0.39 is 23.2 Å². The van der Waals surface area contributed by atoms with Crippen LogP contribution in [0.1, 0.15) is 10.4 Å². The summed E-state index contributed by atoms with van der Waals surface area (Å²) in [6.07, 6.45) is -3.48. The van der Waals surface area contributed by atoms with Crippen molar-refractivity contribution in [2.45, 2.75) is 11.4 Å². The number of pyridine rings is 1. The van der Waals surface area contributed by atoms with E-state index in [2.05, 4.69) is 31.0 Å². The summed E-state index contributed by atoms with van der Waals surface area (Å²) in [4.78, 5) is 27.0. The molecule has 0 spiro atoms. The zero-order chi connectivity index (χ0) is 19.3. The maximum Gasteiger partial charge on any atom is 0.573 e. The van der Waals surface area contributed by atoms with E-state index >= 15 is 0 Å². The summed E-state index contributed by atoms with van der Waals surface area (Å²) in [6.45, 7) is -0.269. The third-order valence-corrected chi connectivity index (χ3v) is 4.39. The van der Waals surface area contributed by atoms with Crippen LogP contribution in [0.15, 0.2) is 46.0 Å². The molecule has 0 unspecified atom stereocenters. The fourth-order valence-corrected chi connectivity index (χ4v) is 2.91. The van der Waals surface area contributed by atoms with Gasteiger partial charge in [0.15, 0.2) is 0 Å². The SMILES string of the molecule is O=C(CNc1cc(OC(F)(F)F)ccc1Br)Sc1ncccc1C(=O)O. The van der Waals surface area contributed by atoms with Gasteiger partial charge in [-0.15, -0.1) is 13.2 Å². The van der Waals surface area contributed by atoms with E-state index in [0.717, 1.165) is 12.1 Å². The normalized spacial score (nSPS) is 11.1. The highest BCUT2D eigenvalue weighted by atomic mass is 79.9. The van der Waals surface area contributed by atoms with Gasteiger partial charge in [0.25, 0.3) is 0 Å². The quantitative estimate of drug-likeness (QED) is 0.638. The van der Waals surface area contributed by atoms with Crippen LogP contribution in [-0.2, 0) is 4.79 Å². The fourth-order valence-electron chi connectivity index (χ4n) is 1.78. The predicted molar refractivity (Wildman–Crippen MR) is 91.4 cm³/mol. The molecule has 2 rings (SSSR count). The Kier molecular flexibility index (Phi) is 6.48. The third-order valence-electron chi connectivity index (χ3n) is 2.81. The molecule has 1 heterocycles. The van der Waals surface area contributed by atoms with Gasteiger partial charge in [-0.3, -0.25) is 4.79 Å². The molecule has 0 saturated heterocycles. The Morgan fingerprint density at radius 1 is 1.31 bits per heavy atom. The highest BCUT2D eigenvalue weighted by Gasteiger charge is 2.31. The largest absolute Gasteiger partial charge is 0.573 e. The number of aromatic carboxylic acids is 1. The Morgan fingerprint density at radius 3 is 2.69 bits per heavy atom. The molecular formula is C15H10BrF3N2O4S. The number of carboxylic acid groups (broad SMARTS) is 1. The van der Waals surface area contributed by atoms with E-state index in [0.29, 0.717) is 16.2 Å². The van der Waals surface area contributed by atoms with Gasteiger partial charge in [0, 0.05) is 16.7 Å². The second kappa shape index (κ2) is 8.41. The Bertz CT molecular complexity index is 833. The number of thioether (sulfide) groups is 1. The van der Waals surface area contributed by atoms with Crippen LogP contribution in [0.25, 0.3) is 0 Å². The molecule has 0 amide bonds. The van der Waals surface area contributed by atoms with Gasteiger partial charge < -0.3 is 15.2 Å². The summed E-state index contributed by atoms with van der Waals surface area (Å²) in [5.41, 5.74) is 0.0905. The molecule has 11 heteroatoms. The van der Waals surface area contributed by atoms with Gasteiger partial charge in [-0.2, -0.15) is 0 Å². The number of rotatable bonds is 6. The summed E-state index contributed by atoms with van der Waals surface area (Å²) in [7, 11) is 0. The number of hydrogen-bond donors (Lipinski definition) is 2. The Balaban J connectivity index is 2.04. The van der Waals surface area contributed by atoms with Crippen molar-refractivity contribution in [2.75, 3.05) is 11.9 Å². The van der Waals surface area contributed by atoms with E-state index in [1.54, 1.807) is 0 Å². The maximum atomic E-state index is 12.3. The lowest BCUT2D eigenvalue weighted by Gasteiger charge is -2.12. The van der Waals surface area contributed by atoms with E-state index in [9.17, 15) is 22.8 Å². The molecule has 138 valence electrons. The maximum absolute atomic E-state index is 12.3. The number of nitrogens with zero attached hydrogens (tertiary/aromatic N) is 1. The molecule has 0 atom stereocenters. The first kappa shape index (κ1) is 20.0. The molecule has 0 aliphatic rings. The van der Waals surface area contributed by atoms with Crippen molar-refractivity contribution < 1.29 is 32.6 Å². The monoisotopic (exact) mass is 450 g/mol. The predicted octanol–water partition coefficient (Wildman–Crippen LogP) is 4.17. The van der Waals surface area contributed by atoms with Crippen LogP contribution in [0.2, 0.25) is 0 Å². The molecule has 0 aliphatic carbocycles. The molecule has 0 saturated carbocycles. The van der Waals surface area contributed by atoms with E-state index in [1.807, 2.05) is 0 Å². The molecule has 1 aromatic carbocycles. The molecular weight excluding hydrogens is 441 g/mol. The lowest BCUT2D eigenvalue weighted by Crippen LogP contribution is -2.17. The van der Waals surface area contributed by atoms with Crippen LogP contribution in [-0.4, -0.2) is 34.1 Å². The average molecular weight is 451 g/mol. The highest BCUT2D eigenvalue weighted by Crippen LogP contribution is 2.31. The fraction of sp³-hybridized carbons (Fsp3) is 0.133. The minimum Gasteiger partial charge on any atom is -0.478 e. The van der Waals surface area contributed by atoms with Gasteiger partial charge in [0.2, 0.25) is 5.12 Å². The molecule has 2 aromatic rings. The number of ether oxygens (including phenoxy) is 1. The number of benzene rings is 1. The summed E-state index contributed by atoms with van der Waals surface area (Å²) in [5.74, 6) is -1.66. The minimum absolute atomic E-state index is 0.0278. The first-order chi connectivity index (χ1) is 12.2. The highest BCUT2D eigenvalue weighted by molar-refractivity contribution is 9.10. The number of carboxylic acids is 1. The number of alkyl halides is 3. The number of nitrogens with one attached hydrogen (secondary N) is 1. The molecule has 1 aromatic heterocycles. The third kappa shape index (κ3) is 5.92. The van der Waals surface area contributed by atoms with E-state index in [-0.39, 0.29) is 22.8 Å². The number of carbonyl (C=O) groups is 2. The van der Waals surface area contributed by atoms with Gasteiger partial charge in [-0.05, 0) is 52.0 Å². The molecule has 2 N–H and O–H groups in total. The van der Waals surface area contributed by atoms with Crippen molar-refractivity contribution >= 4 is 44.5 Å². The molecule has 0 radical (unpaired) electrons. The molecule has 0 bridgehead atoms. The number of carbonyl (C=O) groups excluding carboxylic acids is 1. The molecule has 0 aliphatic heterocycles. The topological polar surface area (TPSA) is 88.5 Å². The molecule has 26 heavy (non-hydrogen) atoms. The van der Waals surface area contributed by atoms with Crippen molar-refractivity contribution in [3.05, 3.63) is 46.6 Å². The van der Waals surface area contributed by atoms with Gasteiger partial charge >= 0.3 is 12.3 Å². The number of anilines is 1. The van der Waals surface area contributed by atoms with Crippen LogP contribution in [0.5, 0.6) is 5.75 Å². The standard InChI is InChI=1S/C15H10BrF3N2O4S/c16-10-4-3-8(25-15(17,18)19)6-11(10)21-7-12(22)26-13-9(14(23)24)2-1-5-20-13/h1-6,21H,7H2,(H,23,24). The van der Waals surface area contributed by atoms with Crippen LogP contribution in [0, 0.1) is 0 Å². The van der Waals surface area contributed by atoms with Crippen LogP contribution < -0.4 is 10.1 Å². The number of hydrogen-bond acceptors (Lipinski definition) is 6. The summed E-state index contributed by atoms with van der Waals surface area (Å²) in [5, 5.41) is 11.3. The lowest BCUT2D eigenvalue weighted by atomic mass is 10.3. The Labute approximate surface area is 157 Å². The van der Waals surface area contributed by atoms with Gasteiger partial charge in [0.1, 0.15) is 10.8 Å². The van der Waals surface area contributed by atoms with E-state index in [1.165, 1.54) is 24.4 Å². The summed E-state index contributed by atoms with van der Waals surface area (Å²) < 4.78 is 41.0. The van der Waals surface area contributed by atoms with Crippen molar-refractivity contribution in [3.63, 3.8) is 0 Å². The number of aromatic nitrogens is 1. The summed E-state index contributed by atoms with van der Waals surface area (Å²) >= 11 is 3.77. The Morgan fingerprint density at radius 2 is 2.04 bits per heavy atom. The van der Waals surface area contributed by atoms with Crippen molar-refractivity contribution in [1.29, 1.82) is 0 Å². The lowest BCUT2D eigenvalue weighted by molar-refractivity contribution is -0.274. The van der Waals surface area contributed by atoms with Crippen molar-refractivity contribution in [2.24, 2.45) is 0 Å². The second-order valence-corrected chi connectivity index (χ2v) is 6.58. The second-order valence-electron chi connectivity index (χ2n) is 4.68. The van der Waals surface area contributed by atoms with Gasteiger partial charge in [0.05, 0.1) is 17.8 Å². The first-order valence-electron chi connectivity index (χ1n) is 6.84. The van der Waals surface area contributed by atoms with Crippen LogP contribution in [0.4, 0.5) is 18.9 Å². The number of halogens is 4. The van der Waals surface area contributed by atoms with Crippen LogP contribution >= 0.6 is 27.7 Å². The molecule has 6 nitrogen and oxygen atoms in total. The van der Waals surface area contributed by atoms with Crippen LogP contribution in [0.3, 0.4) is 0 Å². The zero-order valence-electron chi connectivity index (χ0n) is 12.7. The summed E-state index contributed by atoms with van der Waals surface area (Å²) in [6, 6.07) is 6.28. The van der Waals surface area contributed by atoms with Gasteiger partial charge in [-0.1, -0.05) is 0 Å². The minimum atomic E-state index is -4.83. The van der Waals surface area contributed by atoms with Crippen molar-refractivity contribution in [1.82, 2.24) is 4.98 Å². The zero-order valence-corrected chi connectivity index (χ0v) is 15.1. The van der Waals surface area contributed by atoms with Gasteiger partial charge in [-0.25, -0.2) is 9.78 Å². The molecule has 0 fully saturated rings. The van der Waals surface area contributed by atoms with Crippen molar-refractivity contribution in [3.8, 4) is 5.75 Å².